The van der Waals surface area contributed by atoms with E-state index in [0.29, 0.717) is 11.1 Å². The van der Waals surface area contributed by atoms with E-state index in [0.717, 1.165) is 10.9 Å². The Hall–Kier alpha value is -2.81. The van der Waals surface area contributed by atoms with E-state index in [-0.39, 0.29) is 11.3 Å². The molecule has 0 aromatic heterocycles. The largest absolute Gasteiger partial charge is 0.506 e. The van der Waals surface area contributed by atoms with Crippen molar-refractivity contribution in [2.45, 2.75) is 6.92 Å². The van der Waals surface area contributed by atoms with Crippen molar-refractivity contribution in [2.75, 3.05) is 0 Å². The van der Waals surface area contributed by atoms with E-state index in [1.54, 1.807) is 36.4 Å². The normalized spacial score (nSPS) is 10.5. The quantitative estimate of drug-likeness (QED) is 0.567. The smallest absolute Gasteiger partial charge is 0.347 e. The molecule has 0 aliphatic heterocycles. The first-order valence-corrected chi connectivity index (χ1v) is 6.65. The summed E-state index contributed by atoms with van der Waals surface area (Å²) in [6.07, 6.45) is 0. The van der Waals surface area contributed by atoms with Crippen LogP contribution >= 0.6 is 0 Å². The molecule has 21 heavy (non-hydrogen) atoms. The SMILES string of the molecule is Cc1cc(C(=O)Oc2ccccc2)c(O)c2ccccc12. The van der Waals surface area contributed by atoms with Crippen molar-refractivity contribution in [1.29, 1.82) is 0 Å². The molecule has 3 rings (SSSR count). The second-order valence-electron chi connectivity index (χ2n) is 4.84. The lowest BCUT2D eigenvalue weighted by Crippen LogP contribution is -2.09. The van der Waals surface area contributed by atoms with E-state index in [9.17, 15) is 9.90 Å². The number of phenols is 1. The molecule has 0 saturated carbocycles. The van der Waals surface area contributed by atoms with E-state index in [1.807, 2.05) is 31.2 Å². The van der Waals surface area contributed by atoms with Crippen molar-refractivity contribution < 1.29 is 14.6 Å². The van der Waals surface area contributed by atoms with Gasteiger partial charge in [-0.1, -0.05) is 42.5 Å². The molecule has 3 heteroatoms. The van der Waals surface area contributed by atoms with Crippen LogP contribution in [0.5, 0.6) is 11.5 Å². The zero-order chi connectivity index (χ0) is 14.8. The van der Waals surface area contributed by atoms with Gasteiger partial charge in [-0.25, -0.2) is 4.79 Å². The number of hydrogen-bond acceptors (Lipinski definition) is 3. The minimum atomic E-state index is -0.562. The van der Waals surface area contributed by atoms with Gasteiger partial charge >= 0.3 is 5.97 Å². The topological polar surface area (TPSA) is 46.5 Å². The molecule has 0 heterocycles. The molecular formula is C18H14O3. The summed E-state index contributed by atoms with van der Waals surface area (Å²) in [5.41, 5.74) is 1.10. The molecule has 0 radical (unpaired) electrons. The van der Waals surface area contributed by atoms with Gasteiger partial charge in [0.05, 0.1) is 0 Å². The van der Waals surface area contributed by atoms with Gasteiger partial charge in [-0.15, -0.1) is 0 Å². The van der Waals surface area contributed by atoms with Gasteiger partial charge in [0, 0.05) is 5.39 Å². The summed E-state index contributed by atoms with van der Waals surface area (Å²) >= 11 is 0. The Morgan fingerprint density at radius 1 is 0.952 bits per heavy atom. The summed E-state index contributed by atoms with van der Waals surface area (Å²) in [5.74, 6) is -0.155. The number of aromatic hydroxyl groups is 1. The average molecular weight is 278 g/mol. The molecule has 0 unspecified atom stereocenters. The molecule has 3 aromatic carbocycles. The molecule has 0 atom stereocenters. The van der Waals surface area contributed by atoms with Gasteiger partial charge in [-0.3, -0.25) is 0 Å². The highest BCUT2D eigenvalue weighted by molar-refractivity contribution is 6.03. The molecule has 104 valence electrons. The van der Waals surface area contributed by atoms with Crippen LogP contribution in [-0.2, 0) is 0 Å². The van der Waals surface area contributed by atoms with Crippen molar-refractivity contribution in [2.24, 2.45) is 0 Å². The van der Waals surface area contributed by atoms with Crippen LogP contribution in [0.3, 0.4) is 0 Å². The Labute approximate surface area is 122 Å². The zero-order valence-electron chi connectivity index (χ0n) is 11.5. The standard InChI is InChI=1S/C18H14O3/c1-12-11-16(17(19)15-10-6-5-9-14(12)15)18(20)21-13-7-3-2-4-8-13/h2-11,19H,1H3. The molecule has 0 amide bonds. The maximum Gasteiger partial charge on any atom is 0.347 e. The highest BCUT2D eigenvalue weighted by Crippen LogP contribution is 2.32. The maximum absolute atomic E-state index is 12.2. The summed E-state index contributed by atoms with van der Waals surface area (Å²) in [5, 5.41) is 11.9. The highest BCUT2D eigenvalue weighted by atomic mass is 16.5. The minimum absolute atomic E-state index is 0.0443. The number of phenolic OH excluding ortho intramolecular Hbond substituents is 1. The summed E-state index contributed by atoms with van der Waals surface area (Å²) in [4.78, 5) is 12.2. The van der Waals surface area contributed by atoms with Crippen molar-refractivity contribution in [3.63, 3.8) is 0 Å². The number of ether oxygens (including phenoxy) is 1. The number of para-hydroxylation sites is 1. The van der Waals surface area contributed by atoms with Gasteiger partial charge in [-0.2, -0.15) is 0 Å². The Balaban J connectivity index is 2.04. The Kier molecular flexibility index (Phi) is 3.32. The van der Waals surface area contributed by atoms with Crippen molar-refractivity contribution in [1.82, 2.24) is 0 Å². The number of esters is 1. The third-order valence-corrected chi connectivity index (χ3v) is 3.40. The molecule has 0 spiro atoms. The predicted octanol–water partition coefficient (Wildman–Crippen LogP) is 4.07. The van der Waals surface area contributed by atoms with E-state index in [1.165, 1.54) is 0 Å². The van der Waals surface area contributed by atoms with Crippen molar-refractivity contribution >= 4 is 16.7 Å². The molecule has 0 fully saturated rings. The number of fused-ring (bicyclic) bond motifs is 1. The number of carbonyl (C=O) groups excluding carboxylic acids is 1. The first-order chi connectivity index (χ1) is 10.2. The van der Waals surface area contributed by atoms with Crippen LogP contribution in [0.15, 0.2) is 60.7 Å². The Morgan fingerprint density at radius 3 is 2.29 bits per heavy atom. The summed E-state index contributed by atoms with van der Waals surface area (Å²) in [7, 11) is 0. The average Bonchev–Trinajstić information content (AvgIpc) is 2.52. The van der Waals surface area contributed by atoms with Gasteiger partial charge in [0.25, 0.3) is 0 Å². The van der Waals surface area contributed by atoms with E-state index in [4.69, 9.17) is 4.74 Å². The van der Waals surface area contributed by atoms with Crippen LogP contribution in [0.1, 0.15) is 15.9 Å². The van der Waals surface area contributed by atoms with Gasteiger partial charge in [0.1, 0.15) is 17.1 Å². The van der Waals surface area contributed by atoms with Crippen LogP contribution in [0.2, 0.25) is 0 Å². The number of aryl methyl sites for hydroxylation is 1. The van der Waals surface area contributed by atoms with Crippen LogP contribution < -0.4 is 4.74 Å². The first kappa shape index (κ1) is 13.2. The number of carbonyl (C=O) groups is 1. The molecular weight excluding hydrogens is 264 g/mol. The Bertz CT molecular complexity index is 807. The van der Waals surface area contributed by atoms with Crippen molar-refractivity contribution in [3.05, 3.63) is 71.8 Å². The van der Waals surface area contributed by atoms with Gasteiger partial charge in [0.2, 0.25) is 0 Å². The van der Waals surface area contributed by atoms with Crippen molar-refractivity contribution in [3.8, 4) is 11.5 Å². The molecule has 0 aliphatic carbocycles. The van der Waals surface area contributed by atoms with Crippen LogP contribution in [0, 0.1) is 6.92 Å². The van der Waals surface area contributed by atoms with Gasteiger partial charge < -0.3 is 9.84 Å². The summed E-state index contributed by atoms with van der Waals surface area (Å²) in [6, 6.07) is 17.9. The number of rotatable bonds is 2. The fourth-order valence-electron chi connectivity index (χ4n) is 2.35. The lowest BCUT2D eigenvalue weighted by atomic mass is 10.0. The summed E-state index contributed by atoms with van der Waals surface area (Å²) < 4.78 is 5.29. The van der Waals surface area contributed by atoms with Crippen LogP contribution in [0.4, 0.5) is 0 Å². The molecule has 0 saturated heterocycles. The summed E-state index contributed by atoms with van der Waals surface area (Å²) in [6.45, 7) is 1.90. The van der Waals surface area contributed by atoms with Crippen LogP contribution in [-0.4, -0.2) is 11.1 Å². The molecule has 0 bridgehead atoms. The fourth-order valence-corrected chi connectivity index (χ4v) is 2.35. The predicted molar refractivity (Wildman–Crippen MR) is 81.8 cm³/mol. The number of hydrogen-bond donors (Lipinski definition) is 1. The zero-order valence-corrected chi connectivity index (χ0v) is 11.5. The second-order valence-corrected chi connectivity index (χ2v) is 4.84. The maximum atomic E-state index is 12.2. The third-order valence-electron chi connectivity index (χ3n) is 3.40. The third kappa shape index (κ3) is 2.46. The van der Waals surface area contributed by atoms with Crippen LogP contribution in [0.25, 0.3) is 10.8 Å². The van der Waals surface area contributed by atoms with Gasteiger partial charge in [-0.05, 0) is 36.1 Å². The molecule has 3 nitrogen and oxygen atoms in total. The second kappa shape index (κ2) is 5.29. The lowest BCUT2D eigenvalue weighted by molar-refractivity contribution is 0.0732. The fraction of sp³-hybridized carbons (Fsp3) is 0.0556. The minimum Gasteiger partial charge on any atom is -0.506 e. The number of benzene rings is 3. The molecule has 0 aliphatic rings. The highest BCUT2D eigenvalue weighted by Gasteiger charge is 2.17. The lowest BCUT2D eigenvalue weighted by Gasteiger charge is -2.10. The molecule has 3 aromatic rings. The van der Waals surface area contributed by atoms with E-state index in [2.05, 4.69) is 0 Å². The molecule has 1 N–H and O–H groups in total. The van der Waals surface area contributed by atoms with Gasteiger partial charge in [0.15, 0.2) is 0 Å². The Morgan fingerprint density at radius 2 is 1.57 bits per heavy atom. The monoisotopic (exact) mass is 278 g/mol. The van der Waals surface area contributed by atoms with E-state index >= 15 is 0 Å². The van der Waals surface area contributed by atoms with E-state index < -0.39 is 5.97 Å². The first-order valence-electron chi connectivity index (χ1n) is 6.65.